The van der Waals surface area contributed by atoms with Gasteiger partial charge in [0.25, 0.3) is 0 Å². The SMILES string of the molecule is CC(C)CC(CN)Nc1ccc(C(F)(F)F)cn1. The Balaban J connectivity index is 2.68. The molecular formula is C12H18F3N3. The Labute approximate surface area is 105 Å². The predicted molar refractivity (Wildman–Crippen MR) is 65.2 cm³/mol. The van der Waals surface area contributed by atoms with Crippen LogP contribution >= 0.6 is 0 Å². The molecule has 3 N–H and O–H groups in total. The largest absolute Gasteiger partial charge is 0.417 e. The van der Waals surface area contributed by atoms with Crippen molar-refractivity contribution in [3.05, 3.63) is 23.9 Å². The fraction of sp³-hybridized carbons (Fsp3) is 0.583. The van der Waals surface area contributed by atoms with E-state index in [1.54, 1.807) is 0 Å². The normalized spacial score (nSPS) is 13.7. The van der Waals surface area contributed by atoms with E-state index in [1.807, 2.05) is 0 Å². The van der Waals surface area contributed by atoms with Crippen molar-refractivity contribution in [2.75, 3.05) is 11.9 Å². The first-order valence-corrected chi connectivity index (χ1v) is 5.82. The number of nitrogens with one attached hydrogen (secondary N) is 1. The fourth-order valence-corrected chi connectivity index (χ4v) is 1.64. The average molecular weight is 261 g/mol. The van der Waals surface area contributed by atoms with Crippen LogP contribution in [0.4, 0.5) is 19.0 Å². The van der Waals surface area contributed by atoms with Gasteiger partial charge in [-0.1, -0.05) is 13.8 Å². The molecular weight excluding hydrogens is 243 g/mol. The Morgan fingerprint density at radius 3 is 2.39 bits per heavy atom. The minimum atomic E-state index is -4.35. The molecule has 0 amide bonds. The molecule has 0 bridgehead atoms. The lowest BCUT2D eigenvalue weighted by atomic mass is 10.0. The van der Waals surface area contributed by atoms with E-state index in [0.717, 1.165) is 18.7 Å². The van der Waals surface area contributed by atoms with Crippen molar-refractivity contribution in [1.29, 1.82) is 0 Å². The number of nitrogens with two attached hydrogens (primary N) is 1. The zero-order chi connectivity index (χ0) is 13.8. The highest BCUT2D eigenvalue weighted by Crippen LogP contribution is 2.28. The molecule has 0 fully saturated rings. The van der Waals surface area contributed by atoms with Crippen molar-refractivity contribution in [3.8, 4) is 0 Å². The first kappa shape index (κ1) is 14.8. The van der Waals surface area contributed by atoms with E-state index >= 15 is 0 Å². The van der Waals surface area contributed by atoms with Gasteiger partial charge in [0, 0.05) is 18.8 Å². The van der Waals surface area contributed by atoms with Gasteiger partial charge < -0.3 is 11.1 Å². The summed E-state index contributed by atoms with van der Waals surface area (Å²) in [5.74, 6) is 0.875. The van der Waals surface area contributed by atoms with Gasteiger partial charge in [0.15, 0.2) is 0 Å². The third-order valence-corrected chi connectivity index (χ3v) is 2.48. The average Bonchev–Trinajstić information content (AvgIpc) is 2.27. The summed E-state index contributed by atoms with van der Waals surface area (Å²) in [5, 5.41) is 3.04. The summed E-state index contributed by atoms with van der Waals surface area (Å²) in [6, 6.07) is 2.36. The molecule has 1 heterocycles. The Morgan fingerprint density at radius 2 is 2.00 bits per heavy atom. The summed E-state index contributed by atoms with van der Waals surface area (Å²) in [5.41, 5.74) is 4.85. The van der Waals surface area contributed by atoms with Crippen molar-refractivity contribution in [1.82, 2.24) is 4.98 Å². The van der Waals surface area contributed by atoms with E-state index in [2.05, 4.69) is 24.1 Å². The topological polar surface area (TPSA) is 50.9 Å². The molecule has 0 aromatic carbocycles. The van der Waals surface area contributed by atoms with E-state index in [4.69, 9.17) is 5.73 Å². The summed E-state index contributed by atoms with van der Waals surface area (Å²) in [7, 11) is 0. The maximum absolute atomic E-state index is 12.3. The van der Waals surface area contributed by atoms with Crippen LogP contribution in [-0.2, 0) is 6.18 Å². The molecule has 0 saturated carbocycles. The number of halogens is 3. The third kappa shape index (κ3) is 4.52. The first-order chi connectivity index (χ1) is 8.32. The lowest BCUT2D eigenvalue weighted by Crippen LogP contribution is -2.30. The quantitative estimate of drug-likeness (QED) is 0.857. The number of rotatable bonds is 5. The number of alkyl halides is 3. The Kier molecular flexibility index (Phi) is 4.95. The van der Waals surface area contributed by atoms with Crippen LogP contribution < -0.4 is 11.1 Å². The molecule has 0 radical (unpaired) electrons. The van der Waals surface area contributed by atoms with E-state index < -0.39 is 11.7 Å². The van der Waals surface area contributed by atoms with Crippen molar-refractivity contribution in [2.45, 2.75) is 32.5 Å². The van der Waals surface area contributed by atoms with Crippen molar-refractivity contribution >= 4 is 5.82 Å². The lowest BCUT2D eigenvalue weighted by molar-refractivity contribution is -0.137. The minimum absolute atomic E-state index is 0.0224. The molecule has 1 rings (SSSR count). The number of hydrogen-bond acceptors (Lipinski definition) is 3. The number of anilines is 1. The van der Waals surface area contributed by atoms with E-state index in [0.29, 0.717) is 18.3 Å². The molecule has 102 valence electrons. The number of pyridine rings is 1. The molecule has 3 nitrogen and oxygen atoms in total. The molecule has 0 aliphatic heterocycles. The Hall–Kier alpha value is -1.30. The maximum atomic E-state index is 12.3. The summed E-state index contributed by atoms with van der Waals surface area (Å²) in [4.78, 5) is 3.75. The van der Waals surface area contributed by atoms with Crippen LogP contribution in [-0.4, -0.2) is 17.6 Å². The van der Waals surface area contributed by atoms with Gasteiger partial charge in [-0.3, -0.25) is 0 Å². The van der Waals surface area contributed by atoms with Gasteiger partial charge in [0.1, 0.15) is 5.82 Å². The molecule has 1 unspecified atom stereocenters. The fourth-order valence-electron chi connectivity index (χ4n) is 1.64. The molecule has 1 aromatic heterocycles. The van der Waals surface area contributed by atoms with Crippen LogP contribution in [0.2, 0.25) is 0 Å². The van der Waals surface area contributed by atoms with Gasteiger partial charge in [-0.15, -0.1) is 0 Å². The highest BCUT2D eigenvalue weighted by molar-refractivity contribution is 5.37. The molecule has 0 aliphatic rings. The molecule has 0 spiro atoms. The van der Waals surface area contributed by atoms with Gasteiger partial charge in [0.2, 0.25) is 0 Å². The molecule has 6 heteroatoms. The molecule has 18 heavy (non-hydrogen) atoms. The summed E-state index contributed by atoms with van der Waals surface area (Å²) in [6.45, 7) is 4.54. The van der Waals surface area contributed by atoms with Gasteiger partial charge in [-0.2, -0.15) is 13.2 Å². The van der Waals surface area contributed by atoms with Crippen molar-refractivity contribution in [3.63, 3.8) is 0 Å². The predicted octanol–water partition coefficient (Wildman–Crippen LogP) is 2.89. The number of aromatic nitrogens is 1. The second-order valence-electron chi connectivity index (χ2n) is 4.64. The van der Waals surface area contributed by atoms with Gasteiger partial charge in [-0.05, 0) is 24.5 Å². The zero-order valence-corrected chi connectivity index (χ0v) is 10.5. The lowest BCUT2D eigenvalue weighted by Gasteiger charge is -2.19. The van der Waals surface area contributed by atoms with Crippen molar-refractivity contribution < 1.29 is 13.2 Å². The number of nitrogens with zero attached hydrogens (tertiary/aromatic N) is 1. The number of hydrogen-bond donors (Lipinski definition) is 2. The minimum Gasteiger partial charge on any atom is -0.366 e. The first-order valence-electron chi connectivity index (χ1n) is 5.82. The van der Waals surface area contributed by atoms with E-state index in [-0.39, 0.29) is 6.04 Å². The summed E-state index contributed by atoms with van der Waals surface area (Å²) >= 11 is 0. The van der Waals surface area contributed by atoms with Crippen LogP contribution in [0.1, 0.15) is 25.8 Å². The monoisotopic (exact) mass is 261 g/mol. The smallest absolute Gasteiger partial charge is 0.366 e. The molecule has 1 atom stereocenters. The molecule has 0 aliphatic carbocycles. The molecule has 0 saturated heterocycles. The van der Waals surface area contributed by atoms with Gasteiger partial charge in [0.05, 0.1) is 5.56 Å². The Bertz CT molecular complexity index is 360. The highest BCUT2D eigenvalue weighted by Gasteiger charge is 2.30. The standard InChI is InChI=1S/C12H18F3N3/c1-8(2)5-10(6-16)18-11-4-3-9(7-17-11)12(13,14)15/h3-4,7-8,10H,5-6,16H2,1-2H3,(H,17,18). The second kappa shape index (κ2) is 6.04. The maximum Gasteiger partial charge on any atom is 0.417 e. The van der Waals surface area contributed by atoms with Crippen LogP contribution in [0, 0.1) is 5.92 Å². The van der Waals surface area contributed by atoms with Crippen LogP contribution in [0.3, 0.4) is 0 Å². The van der Waals surface area contributed by atoms with Gasteiger partial charge >= 0.3 is 6.18 Å². The third-order valence-electron chi connectivity index (χ3n) is 2.48. The van der Waals surface area contributed by atoms with E-state index in [9.17, 15) is 13.2 Å². The van der Waals surface area contributed by atoms with E-state index in [1.165, 1.54) is 6.07 Å². The van der Waals surface area contributed by atoms with Crippen molar-refractivity contribution in [2.24, 2.45) is 11.7 Å². The summed E-state index contributed by atoms with van der Waals surface area (Å²) < 4.78 is 37.0. The summed E-state index contributed by atoms with van der Waals surface area (Å²) in [6.07, 6.45) is -2.68. The highest BCUT2D eigenvalue weighted by atomic mass is 19.4. The van der Waals surface area contributed by atoms with Crippen LogP contribution in [0.15, 0.2) is 18.3 Å². The zero-order valence-electron chi connectivity index (χ0n) is 10.5. The molecule has 1 aromatic rings. The van der Waals surface area contributed by atoms with Crippen LogP contribution in [0.25, 0.3) is 0 Å². The second-order valence-corrected chi connectivity index (χ2v) is 4.64. The van der Waals surface area contributed by atoms with Crippen LogP contribution in [0.5, 0.6) is 0 Å². The van der Waals surface area contributed by atoms with Gasteiger partial charge in [-0.25, -0.2) is 4.98 Å². The Morgan fingerprint density at radius 1 is 1.33 bits per heavy atom.